The van der Waals surface area contributed by atoms with Crippen molar-refractivity contribution < 1.29 is 14.5 Å². The number of carbonyl (C=O) groups excluding carboxylic acids is 1. The highest BCUT2D eigenvalue weighted by Gasteiger charge is 2.22. The van der Waals surface area contributed by atoms with E-state index in [2.05, 4.69) is 27.3 Å². The summed E-state index contributed by atoms with van der Waals surface area (Å²) in [6.07, 6.45) is 5.28. The van der Waals surface area contributed by atoms with Crippen LogP contribution in [0.5, 0.6) is 5.75 Å². The number of amides is 1. The molecule has 4 rings (SSSR count). The smallest absolute Gasteiger partial charge is 0.269 e. The number of aryl methyl sites for hydroxylation is 1. The molecular formula is C26H19BrN4O4S. The molecule has 1 N–H and O–H groups in total. The molecule has 0 radical (unpaired) electrons. The average molecular weight is 563 g/mol. The summed E-state index contributed by atoms with van der Waals surface area (Å²) in [7, 11) is 0. The van der Waals surface area contributed by atoms with Crippen LogP contribution in [0, 0.1) is 32.8 Å². The maximum Gasteiger partial charge on any atom is 0.269 e. The van der Waals surface area contributed by atoms with Crippen molar-refractivity contribution >= 4 is 49.9 Å². The van der Waals surface area contributed by atoms with Gasteiger partial charge in [-0.05, 0) is 76.5 Å². The van der Waals surface area contributed by atoms with Crippen molar-refractivity contribution in [3.63, 3.8) is 0 Å². The summed E-state index contributed by atoms with van der Waals surface area (Å²) in [4.78, 5) is 24.4. The number of hydrogen-bond acceptors (Lipinski definition) is 7. The minimum Gasteiger partial charge on any atom is -0.488 e. The highest BCUT2D eigenvalue weighted by Crippen LogP contribution is 2.38. The van der Waals surface area contributed by atoms with E-state index in [1.807, 2.05) is 6.07 Å². The zero-order valence-electron chi connectivity index (χ0n) is 18.9. The molecule has 1 aromatic heterocycles. The third kappa shape index (κ3) is 5.62. The summed E-state index contributed by atoms with van der Waals surface area (Å²) >= 11 is 4.84. The van der Waals surface area contributed by atoms with Crippen molar-refractivity contribution in [2.45, 2.75) is 32.3 Å². The number of thiophene rings is 1. The molecule has 0 spiro atoms. The summed E-state index contributed by atoms with van der Waals surface area (Å²) in [5.41, 5.74) is 2.65. The summed E-state index contributed by atoms with van der Waals surface area (Å²) in [5.74, 6) is -0.0702. The minimum atomic E-state index is -0.574. The Labute approximate surface area is 219 Å². The molecule has 36 heavy (non-hydrogen) atoms. The Hall–Kier alpha value is -3.99. The van der Waals surface area contributed by atoms with Crippen molar-refractivity contribution in [2.24, 2.45) is 0 Å². The number of hydrogen-bond donors (Lipinski definition) is 1. The molecule has 0 saturated carbocycles. The molecule has 0 aliphatic heterocycles. The van der Waals surface area contributed by atoms with Crippen LogP contribution >= 0.6 is 27.3 Å². The van der Waals surface area contributed by atoms with E-state index in [4.69, 9.17) is 4.74 Å². The summed E-state index contributed by atoms with van der Waals surface area (Å²) in [6.45, 7) is 0.132. The number of fused-ring (bicyclic) bond motifs is 1. The number of nitro benzene ring substituents is 1. The molecule has 0 saturated heterocycles. The molecule has 10 heteroatoms. The SMILES string of the molecule is N#C/C(=C\c1ccc(OCc2cccc([N+](=O)[O-])c2)c(Br)c1)C(=O)Nc1sc2c(c1C#N)CCCC2. The fraction of sp³-hybridized carbons (Fsp3) is 0.192. The molecule has 1 aliphatic rings. The molecular weight excluding hydrogens is 544 g/mol. The number of ether oxygens (including phenoxy) is 1. The van der Waals surface area contributed by atoms with Gasteiger partial charge in [-0.1, -0.05) is 18.2 Å². The van der Waals surface area contributed by atoms with Crippen LogP contribution in [0.2, 0.25) is 0 Å². The van der Waals surface area contributed by atoms with Crippen molar-refractivity contribution in [3.05, 3.63) is 89.8 Å². The van der Waals surface area contributed by atoms with Gasteiger partial charge in [0.25, 0.3) is 11.6 Å². The molecule has 1 aliphatic carbocycles. The Bertz CT molecular complexity index is 1470. The third-order valence-corrected chi connectivity index (χ3v) is 7.48. The largest absolute Gasteiger partial charge is 0.488 e. The Morgan fingerprint density at radius 1 is 1.22 bits per heavy atom. The van der Waals surface area contributed by atoms with Crippen molar-refractivity contribution in [2.75, 3.05) is 5.32 Å². The van der Waals surface area contributed by atoms with Crippen molar-refractivity contribution in [1.82, 2.24) is 0 Å². The molecule has 3 aromatic rings. The van der Waals surface area contributed by atoms with E-state index in [1.54, 1.807) is 30.3 Å². The van der Waals surface area contributed by atoms with Gasteiger partial charge in [0, 0.05) is 17.0 Å². The summed E-state index contributed by atoms with van der Waals surface area (Å²) < 4.78 is 6.37. The average Bonchev–Trinajstić information content (AvgIpc) is 3.23. The number of halogens is 1. The number of nitriles is 2. The number of nitro groups is 1. The monoisotopic (exact) mass is 562 g/mol. The fourth-order valence-electron chi connectivity index (χ4n) is 3.90. The van der Waals surface area contributed by atoms with Gasteiger partial charge in [0.2, 0.25) is 0 Å². The van der Waals surface area contributed by atoms with Crippen LogP contribution < -0.4 is 10.1 Å². The van der Waals surface area contributed by atoms with E-state index >= 15 is 0 Å². The first kappa shape index (κ1) is 25.1. The number of benzene rings is 2. The molecule has 1 amide bonds. The molecule has 2 aromatic carbocycles. The number of anilines is 1. The van der Waals surface area contributed by atoms with Gasteiger partial charge in [0.15, 0.2) is 0 Å². The maximum atomic E-state index is 12.8. The molecule has 0 atom stereocenters. The van der Waals surface area contributed by atoms with E-state index in [9.17, 15) is 25.4 Å². The lowest BCUT2D eigenvalue weighted by molar-refractivity contribution is -0.384. The molecule has 0 bridgehead atoms. The zero-order valence-corrected chi connectivity index (χ0v) is 21.3. The second-order valence-electron chi connectivity index (χ2n) is 8.06. The van der Waals surface area contributed by atoms with Gasteiger partial charge in [-0.2, -0.15) is 10.5 Å². The predicted octanol–water partition coefficient (Wildman–Crippen LogP) is 6.29. The predicted molar refractivity (Wildman–Crippen MR) is 139 cm³/mol. The first-order valence-corrected chi connectivity index (χ1v) is 12.6. The van der Waals surface area contributed by atoms with Crippen LogP contribution in [0.3, 0.4) is 0 Å². The Balaban J connectivity index is 1.47. The number of nitrogens with zero attached hydrogens (tertiary/aromatic N) is 3. The summed E-state index contributed by atoms with van der Waals surface area (Å²) in [5, 5.41) is 33.4. The zero-order chi connectivity index (χ0) is 25.7. The molecule has 8 nitrogen and oxygen atoms in total. The molecule has 0 unspecified atom stereocenters. The van der Waals surface area contributed by atoms with Crippen LogP contribution in [-0.2, 0) is 24.2 Å². The van der Waals surface area contributed by atoms with Gasteiger partial charge in [-0.3, -0.25) is 14.9 Å². The Morgan fingerprint density at radius 3 is 2.75 bits per heavy atom. The number of nitrogens with one attached hydrogen (secondary N) is 1. The fourth-order valence-corrected chi connectivity index (χ4v) is 5.65. The number of rotatable bonds is 7. The van der Waals surface area contributed by atoms with Crippen molar-refractivity contribution in [1.29, 1.82) is 10.5 Å². The van der Waals surface area contributed by atoms with E-state index in [0.717, 1.165) is 36.1 Å². The van der Waals surface area contributed by atoms with Crippen LogP contribution in [0.25, 0.3) is 6.08 Å². The molecule has 1 heterocycles. The van der Waals surface area contributed by atoms with Gasteiger partial charge in [0.1, 0.15) is 35.1 Å². The lowest BCUT2D eigenvalue weighted by atomic mass is 9.96. The lowest BCUT2D eigenvalue weighted by Crippen LogP contribution is -2.13. The van der Waals surface area contributed by atoms with E-state index in [1.165, 1.54) is 29.5 Å². The van der Waals surface area contributed by atoms with Gasteiger partial charge in [-0.25, -0.2) is 0 Å². The van der Waals surface area contributed by atoms with Gasteiger partial charge >= 0.3 is 0 Å². The Kier molecular flexibility index (Phi) is 7.79. The standard InChI is InChI=1S/C26H19BrN4O4S/c27-22-12-16(8-9-23(22)35-15-17-4-3-5-19(11-17)31(33)34)10-18(13-28)25(32)30-26-21(14-29)20-6-1-2-7-24(20)36-26/h3-5,8-12H,1-2,6-7,15H2,(H,30,32)/b18-10+. The molecule has 0 fully saturated rings. The first-order valence-electron chi connectivity index (χ1n) is 11.0. The first-order chi connectivity index (χ1) is 17.4. The highest BCUT2D eigenvalue weighted by molar-refractivity contribution is 9.10. The second-order valence-corrected chi connectivity index (χ2v) is 10.0. The Morgan fingerprint density at radius 2 is 2.03 bits per heavy atom. The topological polar surface area (TPSA) is 129 Å². The van der Waals surface area contributed by atoms with Gasteiger partial charge in [0.05, 0.1) is 15.0 Å². The van der Waals surface area contributed by atoms with E-state index < -0.39 is 10.8 Å². The van der Waals surface area contributed by atoms with Crippen LogP contribution in [-0.4, -0.2) is 10.8 Å². The number of carbonyl (C=O) groups is 1. The van der Waals surface area contributed by atoms with Crippen molar-refractivity contribution in [3.8, 4) is 17.9 Å². The van der Waals surface area contributed by atoms with Gasteiger partial charge in [-0.15, -0.1) is 11.3 Å². The van der Waals surface area contributed by atoms with Crippen LogP contribution in [0.4, 0.5) is 10.7 Å². The van der Waals surface area contributed by atoms with E-state index in [-0.39, 0.29) is 17.9 Å². The van der Waals surface area contributed by atoms with E-state index in [0.29, 0.717) is 31.9 Å². The summed E-state index contributed by atoms with van der Waals surface area (Å²) in [6, 6.07) is 15.4. The highest BCUT2D eigenvalue weighted by atomic mass is 79.9. The number of non-ortho nitro benzene ring substituents is 1. The van der Waals surface area contributed by atoms with Crippen LogP contribution in [0.1, 0.15) is 40.0 Å². The van der Waals surface area contributed by atoms with Crippen LogP contribution in [0.15, 0.2) is 52.5 Å². The second kappa shape index (κ2) is 11.2. The minimum absolute atomic E-state index is 0.0115. The quantitative estimate of drug-likeness (QED) is 0.156. The van der Waals surface area contributed by atoms with Gasteiger partial charge < -0.3 is 10.1 Å². The molecule has 180 valence electrons. The third-order valence-electron chi connectivity index (χ3n) is 5.66. The maximum absolute atomic E-state index is 12.8. The normalized spacial score (nSPS) is 12.7. The lowest BCUT2D eigenvalue weighted by Gasteiger charge is -2.09.